The summed E-state index contributed by atoms with van der Waals surface area (Å²) in [4.78, 5) is 19.6. The highest BCUT2D eigenvalue weighted by molar-refractivity contribution is 9.10. The number of nitrogens with zero attached hydrogens (tertiary/aromatic N) is 1. The molecule has 1 heterocycles. The van der Waals surface area contributed by atoms with Crippen LogP contribution in [0.25, 0.3) is 11.0 Å². The van der Waals surface area contributed by atoms with E-state index in [4.69, 9.17) is 0 Å². The van der Waals surface area contributed by atoms with Gasteiger partial charge in [0.25, 0.3) is 0 Å². The van der Waals surface area contributed by atoms with Crippen LogP contribution < -0.4 is 5.32 Å². The van der Waals surface area contributed by atoms with E-state index in [1.165, 1.54) is 11.8 Å². The first-order valence-corrected chi connectivity index (χ1v) is 9.01. The SMILES string of the molecule is O=C(CSc1nc2ccc(Br)cc2[nH]1)Nc1cccc(Br)c1. The molecule has 0 radical (unpaired) electrons. The second-order valence-electron chi connectivity index (χ2n) is 4.55. The summed E-state index contributed by atoms with van der Waals surface area (Å²) in [5, 5.41) is 3.59. The Morgan fingerprint density at radius 3 is 2.82 bits per heavy atom. The van der Waals surface area contributed by atoms with Crippen molar-refractivity contribution >= 4 is 66.2 Å². The Morgan fingerprint density at radius 1 is 1.18 bits per heavy atom. The van der Waals surface area contributed by atoms with Gasteiger partial charge in [-0.1, -0.05) is 49.7 Å². The molecule has 4 nitrogen and oxygen atoms in total. The summed E-state index contributed by atoms with van der Waals surface area (Å²) in [6, 6.07) is 13.3. The molecule has 3 aromatic rings. The van der Waals surface area contributed by atoms with Crippen molar-refractivity contribution < 1.29 is 4.79 Å². The molecule has 0 saturated heterocycles. The number of carbonyl (C=O) groups excluding carboxylic acids is 1. The van der Waals surface area contributed by atoms with E-state index in [9.17, 15) is 4.79 Å². The van der Waals surface area contributed by atoms with Gasteiger partial charge >= 0.3 is 0 Å². The lowest BCUT2D eigenvalue weighted by molar-refractivity contribution is -0.113. The Kier molecular flexibility index (Phi) is 4.85. The van der Waals surface area contributed by atoms with E-state index >= 15 is 0 Å². The summed E-state index contributed by atoms with van der Waals surface area (Å²) in [6.45, 7) is 0. The molecule has 1 aromatic heterocycles. The fourth-order valence-electron chi connectivity index (χ4n) is 1.92. The molecule has 0 aliphatic rings. The van der Waals surface area contributed by atoms with E-state index in [-0.39, 0.29) is 5.91 Å². The van der Waals surface area contributed by atoms with Crippen LogP contribution in [-0.4, -0.2) is 21.6 Å². The molecule has 0 unspecified atom stereocenters. The van der Waals surface area contributed by atoms with Gasteiger partial charge in [-0.15, -0.1) is 0 Å². The Labute approximate surface area is 148 Å². The first kappa shape index (κ1) is 15.6. The number of imidazole rings is 1. The Hall–Kier alpha value is -1.31. The maximum absolute atomic E-state index is 12.0. The Bertz CT molecular complexity index is 835. The summed E-state index contributed by atoms with van der Waals surface area (Å²) in [7, 11) is 0. The van der Waals surface area contributed by atoms with Crippen molar-refractivity contribution in [3.8, 4) is 0 Å². The predicted octanol–water partition coefficient (Wildman–Crippen LogP) is 4.82. The van der Waals surface area contributed by atoms with Crippen molar-refractivity contribution in [3.63, 3.8) is 0 Å². The van der Waals surface area contributed by atoms with Crippen molar-refractivity contribution in [2.45, 2.75) is 5.16 Å². The third-order valence-corrected chi connectivity index (χ3v) is 4.73. The maximum atomic E-state index is 12.0. The van der Waals surface area contributed by atoms with Gasteiger partial charge in [0.05, 0.1) is 16.8 Å². The quantitative estimate of drug-likeness (QED) is 0.572. The molecular weight excluding hydrogens is 430 g/mol. The zero-order valence-electron chi connectivity index (χ0n) is 11.3. The highest BCUT2D eigenvalue weighted by Gasteiger charge is 2.08. The largest absolute Gasteiger partial charge is 0.333 e. The number of hydrogen-bond acceptors (Lipinski definition) is 3. The van der Waals surface area contributed by atoms with Crippen LogP contribution in [-0.2, 0) is 4.79 Å². The van der Waals surface area contributed by atoms with Crippen LogP contribution >= 0.6 is 43.6 Å². The predicted molar refractivity (Wildman–Crippen MR) is 97.3 cm³/mol. The summed E-state index contributed by atoms with van der Waals surface area (Å²) in [5.41, 5.74) is 2.61. The number of aromatic amines is 1. The molecule has 22 heavy (non-hydrogen) atoms. The number of fused-ring (bicyclic) bond motifs is 1. The molecular formula is C15H11Br2N3OS. The van der Waals surface area contributed by atoms with Gasteiger partial charge in [0, 0.05) is 14.6 Å². The van der Waals surface area contributed by atoms with Gasteiger partial charge in [0.2, 0.25) is 5.91 Å². The molecule has 1 amide bonds. The molecule has 0 fully saturated rings. The second-order valence-corrected chi connectivity index (χ2v) is 7.35. The normalized spacial score (nSPS) is 10.8. The van der Waals surface area contributed by atoms with Crippen LogP contribution in [0.1, 0.15) is 0 Å². The summed E-state index contributed by atoms with van der Waals surface area (Å²) < 4.78 is 1.92. The first-order chi connectivity index (χ1) is 10.6. The molecule has 0 spiro atoms. The monoisotopic (exact) mass is 439 g/mol. The lowest BCUT2D eigenvalue weighted by atomic mass is 10.3. The van der Waals surface area contributed by atoms with Crippen molar-refractivity contribution in [1.29, 1.82) is 0 Å². The average Bonchev–Trinajstić information content (AvgIpc) is 2.87. The third-order valence-electron chi connectivity index (χ3n) is 2.87. The summed E-state index contributed by atoms with van der Waals surface area (Å²) in [6.07, 6.45) is 0. The van der Waals surface area contributed by atoms with Gasteiger partial charge in [0.1, 0.15) is 0 Å². The van der Waals surface area contributed by atoms with Crippen molar-refractivity contribution in [2.75, 3.05) is 11.1 Å². The van der Waals surface area contributed by atoms with Crippen LogP contribution in [0.3, 0.4) is 0 Å². The van der Waals surface area contributed by atoms with Gasteiger partial charge in [-0.3, -0.25) is 4.79 Å². The molecule has 3 rings (SSSR count). The smallest absolute Gasteiger partial charge is 0.234 e. The van der Waals surface area contributed by atoms with Crippen molar-refractivity contribution in [3.05, 3.63) is 51.4 Å². The minimum Gasteiger partial charge on any atom is -0.333 e. The zero-order valence-corrected chi connectivity index (χ0v) is 15.3. The van der Waals surface area contributed by atoms with E-state index in [0.29, 0.717) is 5.75 Å². The fourth-order valence-corrected chi connectivity index (χ4v) is 3.37. The fraction of sp³-hybridized carbons (Fsp3) is 0.0667. The number of nitrogens with one attached hydrogen (secondary N) is 2. The molecule has 7 heteroatoms. The third kappa shape index (κ3) is 3.91. The van der Waals surface area contributed by atoms with Crippen molar-refractivity contribution in [1.82, 2.24) is 9.97 Å². The molecule has 0 aliphatic heterocycles. The molecule has 112 valence electrons. The Morgan fingerprint density at radius 2 is 2.00 bits per heavy atom. The lowest BCUT2D eigenvalue weighted by Crippen LogP contribution is -2.14. The van der Waals surface area contributed by atoms with Crippen LogP contribution in [0.5, 0.6) is 0 Å². The van der Waals surface area contributed by atoms with E-state index < -0.39 is 0 Å². The van der Waals surface area contributed by atoms with Crippen LogP contribution in [0.2, 0.25) is 0 Å². The minimum absolute atomic E-state index is 0.0651. The summed E-state index contributed by atoms with van der Waals surface area (Å²) in [5.74, 6) is 0.234. The average molecular weight is 441 g/mol. The number of thioether (sulfide) groups is 1. The molecule has 0 bridgehead atoms. The number of amides is 1. The van der Waals surface area contributed by atoms with E-state index in [2.05, 4.69) is 47.1 Å². The van der Waals surface area contributed by atoms with Crippen LogP contribution in [0, 0.1) is 0 Å². The van der Waals surface area contributed by atoms with Gasteiger partial charge in [0.15, 0.2) is 5.16 Å². The number of H-pyrrole nitrogens is 1. The molecule has 0 atom stereocenters. The number of halogens is 2. The number of anilines is 1. The maximum Gasteiger partial charge on any atom is 0.234 e. The number of aromatic nitrogens is 2. The Balaban J connectivity index is 1.62. The highest BCUT2D eigenvalue weighted by atomic mass is 79.9. The molecule has 0 aliphatic carbocycles. The van der Waals surface area contributed by atoms with Crippen LogP contribution in [0.15, 0.2) is 56.6 Å². The molecule has 2 aromatic carbocycles. The standard InChI is InChI=1S/C15H11Br2N3OS/c16-9-2-1-3-11(6-9)18-14(21)8-22-15-19-12-5-4-10(17)7-13(12)20-15/h1-7H,8H2,(H,18,21)(H,19,20). The van der Waals surface area contributed by atoms with Crippen molar-refractivity contribution in [2.24, 2.45) is 0 Å². The number of benzene rings is 2. The van der Waals surface area contributed by atoms with Gasteiger partial charge < -0.3 is 10.3 Å². The lowest BCUT2D eigenvalue weighted by Gasteiger charge is -2.04. The van der Waals surface area contributed by atoms with E-state index in [1.54, 1.807) is 0 Å². The van der Waals surface area contributed by atoms with Gasteiger partial charge in [-0.25, -0.2) is 4.98 Å². The topological polar surface area (TPSA) is 57.8 Å². The van der Waals surface area contributed by atoms with Crippen LogP contribution in [0.4, 0.5) is 5.69 Å². The van der Waals surface area contributed by atoms with E-state index in [0.717, 1.165) is 30.8 Å². The zero-order chi connectivity index (χ0) is 15.5. The first-order valence-electron chi connectivity index (χ1n) is 6.44. The van der Waals surface area contributed by atoms with Gasteiger partial charge in [-0.05, 0) is 36.4 Å². The van der Waals surface area contributed by atoms with E-state index in [1.807, 2.05) is 42.5 Å². The molecule has 2 N–H and O–H groups in total. The van der Waals surface area contributed by atoms with Gasteiger partial charge in [-0.2, -0.15) is 0 Å². The number of hydrogen-bond donors (Lipinski definition) is 2. The summed E-state index contributed by atoms with van der Waals surface area (Å²) >= 11 is 8.18. The minimum atomic E-state index is -0.0651. The molecule has 0 saturated carbocycles. The second kappa shape index (κ2) is 6.85. The number of carbonyl (C=O) groups is 1. The number of rotatable bonds is 4. The highest BCUT2D eigenvalue weighted by Crippen LogP contribution is 2.23.